The summed E-state index contributed by atoms with van der Waals surface area (Å²) < 4.78 is 0. The smallest absolute Gasteiger partial charge is 0.156 e. The van der Waals surface area contributed by atoms with Gasteiger partial charge in [0, 0.05) is 0 Å². The van der Waals surface area contributed by atoms with Gasteiger partial charge in [0.25, 0.3) is 0 Å². The lowest BCUT2D eigenvalue weighted by Crippen LogP contribution is -1.88. The van der Waals surface area contributed by atoms with Crippen LogP contribution in [-0.4, -0.2) is 15.2 Å². The minimum atomic E-state index is 0.473. The number of pyridine rings is 1. The Morgan fingerprint density at radius 3 is 3.09 bits per heavy atom. The van der Waals surface area contributed by atoms with Crippen LogP contribution < -0.4 is 5.73 Å². The van der Waals surface area contributed by atoms with Gasteiger partial charge in [0.05, 0.1) is 28.5 Å². The number of fused-ring (bicyclic) bond motifs is 1. The van der Waals surface area contributed by atoms with Gasteiger partial charge in [-0.25, -0.2) is 4.98 Å². The molecule has 0 aromatic carbocycles. The third-order valence-corrected chi connectivity index (χ3v) is 1.86. The first-order valence-electron chi connectivity index (χ1n) is 3.02. The quantitative estimate of drug-likeness (QED) is 0.621. The lowest BCUT2D eigenvalue weighted by molar-refractivity contribution is 1.10. The number of nitrogen functional groups attached to an aromatic ring is 1. The minimum absolute atomic E-state index is 0.473. The number of rotatable bonds is 0. The zero-order chi connectivity index (χ0) is 7.84. The Balaban J connectivity index is 2.93. The Kier molecular flexibility index (Phi) is 1.22. The van der Waals surface area contributed by atoms with Gasteiger partial charge in [0.1, 0.15) is 0 Å². The number of aromatic nitrogens is 3. The average Bonchev–Trinajstić information content (AvgIpc) is 2.45. The highest BCUT2D eigenvalue weighted by molar-refractivity contribution is 6.37. The van der Waals surface area contributed by atoms with E-state index in [0.29, 0.717) is 16.4 Å². The van der Waals surface area contributed by atoms with Crippen LogP contribution in [0.3, 0.4) is 0 Å². The number of H-pyrrole nitrogens is 1. The number of aromatic amines is 1. The van der Waals surface area contributed by atoms with E-state index in [1.807, 2.05) is 0 Å². The molecule has 0 fully saturated rings. The maximum absolute atomic E-state index is 5.84. The highest BCUT2D eigenvalue weighted by Gasteiger charge is 2.04. The summed E-state index contributed by atoms with van der Waals surface area (Å²) in [6, 6.07) is 0. The van der Waals surface area contributed by atoms with E-state index in [-0.39, 0.29) is 0 Å². The van der Waals surface area contributed by atoms with E-state index in [1.54, 1.807) is 6.20 Å². The Morgan fingerprint density at radius 2 is 2.27 bits per heavy atom. The first-order valence-corrected chi connectivity index (χ1v) is 3.40. The molecule has 0 atom stereocenters. The van der Waals surface area contributed by atoms with Crippen LogP contribution in [0.15, 0.2) is 12.4 Å². The normalized spacial score (nSPS) is 10.6. The Morgan fingerprint density at radius 1 is 1.45 bits per heavy atom. The van der Waals surface area contributed by atoms with Gasteiger partial charge in [0.2, 0.25) is 0 Å². The number of hydrogen-bond acceptors (Lipinski definition) is 3. The van der Waals surface area contributed by atoms with Crippen molar-refractivity contribution in [2.75, 3.05) is 5.73 Å². The molecule has 11 heavy (non-hydrogen) atoms. The van der Waals surface area contributed by atoms with Gasteiger partial charge in [-0.1, -0.05) is 11.6 Å². The molecule has 0 aliphatic heterocycles. The summed E-state index contributed by atoms with van der Waals surface area (Å²) in [7, 11) is 0. The molecular weight excluding hydrogens is 164 g/mol. The number of nitrogens with zero attached hydrogens (tertiary/aromatic N) is 2. The third-order valence-electron chi connectivity index (χ3n) is 1.44. The van der Waals surface area contributed by atoms with Crippen molar-refractivity contribution in [2.45, 2.75) is 0 Å². The van der Waals surface area contributed by atoms with Gasteiger partial charge >= 0.3 is 0 Å². The molecule has 0 radical (unpaired) electrons. The molecule has 2 heterocycles. The maximum atomic E-state index is 5.84. The van der Waals surface area contributed by atoms with Crippen molar-refractivity contribution in [3.05, 3.63) is 17.4 Å². The van der Waals surface area contributed by atoms with E-state index < -0.39 is 0 Å². The fraction of sp³-hybridized carbons (Fsp3) is 0. The van der Waals surface area contributed by atoms with Crippen molar-refractivity contribution in [3.63, 3.8) is 0 Å². The summed E-state index contributed by atoms with van der Waals surface area (Å²) in [6.07, 6.45) is 3.10. The van der Waals surface area contributed by atoms with E-state index in [4.69, 9.17) is 17.3 Å². The topological polar surface area (TPSA) is 67.6 Å². The first-order chi connectivity index (χ1) is 5.29. The molecule has 0 saturated heterocycles. The van der Waals surface area contributed by atoms with Crippen LogP contribution in [0.5, 0.6) is 0 Å². The standard InChI is InChI=1S/C6H5ClN4/c7-5-3-1-10-11-6(3)9-2-4(5)8/h1-2H,8H2,(H,9,10,11). The molecule has 2 aromatic rings. The molecule has 56 valence electrons. The Hall–Kier alpha value is -1.29. The number of anilines is 1. The molecule has 0 aliphatic rings. The van der Waals surface area contributed by atoms with E-state index >= 15 is 0 Å². The zero-order valence-corrected chi connectivity index (χ0v) is 6.26. The van der Waals surface area contributed by atoms with Crippen LogP contribution in [0.1, 0.15) is 0 Å². The van der Waals surface area contributed by atoms with Gasteiger partial charge < -0.3 is 5.73 Å². The molecular formula is C6H5ClN4. The summed E-state index contributed by atoms with van der Waals surface area (Å²) >= 11 is 5.84. The summed E-state index contributed by atoms with van der Waals surface area (Å²) in [6.45, 7) is 0. The fourth-order valence-corrected chi connectivity index (χ4v) is 1.07. The van der Waals surface area contributed by atoms with Gasteiger partial charge in [0.15, 0.2) is 5.65 Å². The number of halogens is 1. The molecule has 2 rings (SSSR count). The Labute approximate surface area is 67.4 Å². The number of nitrogens with one attached hydrogen (secondary N) is 1. The molecule has 0 unspecified atom stereocenters. The highest BCUT2D eigenvalue weighted by Crippen LogP contribution is 2.25. The zero-order valence-electron chi connectivity index (χ0n) is 5.50. The summed E-state index contributed by atoms with van der Waals surface area (Å²) in [5, 5.41) is 7.72. The van der Waals surface area contributed by atoms with Crippen LogP contribution in [-0.2, 0) is 0 Å². The predicted octanol–water partition coefficient (Wildman–Crippen LogP) is 1.19. The van der Waals surface area contributed by atoms with Gasteiger partial charge in [-0.2, -0.15) is 5.10 Å². The summed E-state index contributed by atoms with van der Waals surface area (Å²) in [5.41, 5.74) is 6.64. The second kappa shape index (κ2) is 2.10. The van der Waals surface area contributed by atoms with Crippen molar-refractivity contribution in [1.29, 1.82) is 0 Å². The second-order valence-electron chi connectivity index (χ2n) is 2.16. The van der Waals surface area contributed by atoms with E-state index in [0.717, 1.165) is 5.39 Å². The lowest BCUT2D eigenvalue weighted by Gasteiger charge is -1.95. The monoisotopic (exact) mass is 168 g/mol. The van der Waals surface area contributed by atoms with Crippen LogP contribution >= 0.6 is 11.6 Å². The first kappa shape index (κ1) is 6.42. The van der Waals surface area contributed by atoms with E-state index in [2.05, 4.69) is 15.2 Å². The summed E-state index contributed by atoms with van der Waals surface area (Å²) in [5.74, 6) is 0. The Bertz CT molecular complexity index is 394. The summed E-state index contributed by atoms with van der Waals surface area (Å²) in [4.78, 5) is 3.97. The maximum Gasteiger partial charge on any atom is 0.156 e. The fourth-order valence-electron chi connectivity index (χ4n) is 0.885. The minimum Gasteiger partial charge on any atom is -0.396 e. The molecule has 0 aliphatic carbocycles. The van der Waals surface area contributed by atoms with Crippen LogP contribution in [0, 0.1) is 0 Å². The SMILES string of the molecule is Nc1cnc2[nH]ncc2c1Cl. The molecule has 2 aromatic heterocycles. The molecule has 0 bridgehead atoms. The van der Waals surface area contributed by atoms with Crippen LogP contribution in [0.25, 0.3) is 11.0 Å². The van der Waals surface area contributed by atoms with Gasteiger partial charge in [-0.05, 0) is 0 Å². The predicted molar refractivity (Wildman–Crippen MR) is 43.3 cm³/mol. The van der Waals surface area contributed by atoms with Crippen molar-refractivity contribution in [3.8, 4) is 0 Å². The van der Waals surface area contributed by atoms with Crippen LogP contribution in [0.2, 0.25) is 5.02 Å². The number of hydrogen-bond donors (Lipinski definition) is 2. The molecule has 3 N–H and O–H groups in total. The number of nitrogens with two attached hydrogens (primary N) is 1. The van der Waals surface area contributed by atoms with Crippen molar-refractivity contribution < 1.29 is 0 Å². The van der Waals surface area contributed by atoms with Gasteiger partial charge in [-0.3, -0.25) is 5.10 Å². The largest absolute Gasteiger partial charge is 0.396 e. The highest BCUT2D eigenvalue weighted by atomic mass is 35.5. The lowest BCUT2D eigenvalue weighted by atomic mass is 10.3. The second-order valence-corrected chi connectivity index (χ2v) is 2.54. The van der Waals surface area contributed by atoms with Crippen LogP contribution in [0.4, 0.5) is 5.69 Å². The molecule has 4 nitrogen and oxygen atoms in total. The molecule has 0 spiro atoms. The third kappa shape index (κ3) is 0.832. The average molecular weight is 169 g/mol. The van der Waals surface area contributed by atoms with E-state index in [1.165, 1.54) is 6.20 Å². The van der Waals surface area contributed by atoms with Crippen molar-refractivity contribution in [2.24, 2.45) is 0 Å². The van der Waals surface area contributed by atoms with Crippen molar-refractivity contribution >= 4 is 28.3 Å². The molecule has 0 saturated carbocycles. The molecule has 5 heteroatoms. The molecule has 0 amide bonds. The van der Waals surface area contributed by atoms with Gasteiger partial charge in [-0.15, -0.1) is 0 Å². The van der Waals surface area contributed by atoms with E-state index in [9.17, 15) is 0 Å². The van der Waals surface area contributed by atoms with Crippen molar-refractivity contribution in [1.82, 2.24) is 15.2 Å².